The molecule has 1 aliphatic heterocycles. The number of rotatable bonds is 1. The standard InChI is InChI=1S/C17H18N2O/c1-12-8-9-13(2)16(10-12)19-15-7-5-4-6-14(15)18(3)11-17(19)20/h4-10H,11H2,1-3H3. The van der Waals surface area contributed by atoms with Crippen LogP contribution in [0, 0.1) is 13.8 Å². The minimum atomic E-state index is 0.111. The first-order valence-corrected chi connectivity index (χ1v) is 6.78. The molecule has 3 nitrogen and oxygen atoms in total. The van der Waals surface area contributed by atoms with E-state index < -0.39 is 0 Å². The van der Waals surface area contributed by atoms with Crippen molar-refractivity contribution in [2.75, 3.05) is 23.4 Å². The molecule has 0 saturated carbocycles. The summed E-state index contributed by atoms with van der Waals surface area (Å²) in [5, 5.41) is 0. The predicted octanol–water partition coefficient (Wildman–Crippen LogP) is 3.42. The van der Waals surface area contributed by atoms with Gasteiger partial charge in [0.15, 0.2) is 0 Å². The van der Waals surface area contributed by atoms with Gasteiger partial charge in [-0.2, -0.15) is 0 Å². The molecule has 20 heavy (non-hydrogen) atoms. The third kappa shape index (κ3) is 1.95. The van der Waals surface area contributed by atoms with E-state index >= 15 is 0 Å². The Labute approximate surface area is 119 Å². The van der Waals surface area contributed by atoms with Crippen LogP contribution in [0.25, 0.3) is 0 Å². The number of carbonyl (C=O) groups excluding carboxylic acids is 1. The first kappa shape index (κ1) is 12.7. The van der Waals surface area contributed by atoms with E-state index in [9.17, 15) is 4.79 Å². The zero-order valence-corrected chi connectivity index (χ0v) is 12.1. The van der Waals surface area contributed by atoms with E-state index in [1.165, 1.54) is 0 Å². The van der Waals surface area contributed by atoms with Crippen molar-refractivity contribution in [3.05, 3.63) is 53.6 Å². The second-order valence-corrected chi connectivity index (χ2v) is 5.36. The van der Waals surface area contributed by atoms with Crippen LogP contribution in [-0.4, -0.2) is 19.5 Å². The third-order valence-corrected chi connectivity index (χ3v) is 3.76. The molecule has 3 heteroatoms. The van der Waals surface area contributed by atoms with Crippen LogP contribution in [0.1, 0.15) is 11.1 Å². The topological polar surface area (TPSA) is 23.6 Å². The van der Waals surface area contributed by atoms with Crippen LogP contribution >= 0.6 is 0 Å². The number of fused-ring (bicyclic) bond motifs is 1. The van der Waals surface area contributed by atoms with E-state index in [1.54, 1.807) is 0 Å². The van der Waals surface area contributed by atoms with Crippen LogP contribution in [0.4, 0.5) is 17.1 Å². The number of hydrogen-bond donors (Lipinski definition) is 0. The molecule has 1 amide bonds. The maximum atomic E-state index is 12.5. The third-order valence-electron chi connectivity index (χ3n) is 3.76. The van der Waals surface area contributed by atoms with Gasteiger partial charge in [-0.25, -0.2) is 0 Å². The Bertz CT molecular complexity index is 678. The van der Waals surface area contributed by atoms with Gasteiger partial charge in [-0.1, -0.05) is 24.3 Å². The summed E-state index contributed by atoms with van der Waals surface area (Å²) in [6.45, 7) is 4.50. The quantitative estimate of drug-likeness (QED) is 0.789. The van der Waals surface area contributed by atoms with Crippen LogP contribution < -0.4 is 9.80 Å². The lowest BCUT2D eigenvalue weighted by Gasteiger charge is -2.36. The zero-order valence-electron chi connectivity index (χ0n) is 12.1. The number of aryl methyl sites for hydroxylation is 2. The summed E-state index contributed by atoms with van der Waals surface area (Å²) in [6, 6.07) is 14.3. The minimum Gasteiger partial charge on any atom is -0.364 e. The second kappa shape index (κ2) is 4.67. The molecular formula is C17H18N2O. The van der Waals surface area contributed by atoms with Gasteiger partial charge in [-0.3, -0.25) is 9.69 Å². The van der Waals surface area contributed by atoms with E-state index in [4.69, 9.17) is 0 Å². The number of para-hydroxylation sites is 2. The second-order valence-electron chi connectivity index (χ2n) is 5.36. The number of benzene rings is 2. The molecule has 102 valence electrons. The molecule has 0 aromatic heterocycles. The van der Waals surface area contributed by atoms with E-state index in [1.807, 2.05) is 42.0 Å². The molecular weight excluding hydrogens is 248 g/mol. The molecule has 0 N–H and O–H groups in total. The molecule has 0 fully saturated rings. The first-order valence-electron chi connectivity index (χ1n) is 6.78. The summed E-state index contributed by atoms with van der Waals surface area (Å²) < 4.78 is 0. The Kier molecular flexibility index (Phi) is 2.97. The summed E-state index contributed by atoms with van der Waals surface area (Å²) >= 11 is 0. The number of amides is 1. The van der Waals surface area contributed by atoms with Crippen LogP contribution in [0.5, 0.6) is 0 Å². The predicted molar refractivity (Wildman–Crippen MR) is 82.8 cm³/mol. The van der Waals surface area contributed by atoms with Crippen molar-refractivity contribution in [2.24, 2.45) is 0 Å². The van der Waals surface area contributed by atoms with Gasteiger partial charge >= 0.3 is 0 Å². The van der Waals surface area contributed by atoms with Gasteiger partial charge in [0.25, 0.3) is 5.91 Å². The minimum absolute atomic E-state index is 0.111. The van der Waals surface area contributed by atoms with Gasteiger partial charge in [0.1, 0.15) is 0 Å². The first-order chi connectivity index (χ1) is 9.58. The molecule has 3 rings (SSSR count). The average molecular weight is 266 g/mol. The molecule has 0 saturated heterocycles. The van der Waals surface area contributed by atoms with Crippen molar-refractivity contribution in [3.8, 4) is 0 Å². The highest BCUT2D eigenvalue weighted by Gasteiger charge is 2.28. The summed E-state index contributed by atoms with van der Waals surface area (Å²) in [6.07, 6.45) is 0. The molecule has 0 bridgehead atoms. The van der Waals surface area contributed by atoms with Crippen molar-refractivity contribution in [3.63, 3.8) is 0 Å². The molecule has 0 radical (unpaired) electrons. The summed E-state index contributed by atoms with van der Waals surface area (Å²) in [5.74, 6) is 0.111. The molecule has 0 aliphatic carbocycles. The Morgan fingerprint density at radius 1 is 0.950 bits per heavy atom. The molecule has 0 unspecified atom stereocenters. The van der Waals surface area contributed by atoms with E-state index in [0.717, 1.165) is 28.2 Å². The van der Waals surface area contributed by atoms with Crippen LogP contribution in [0.2, 0.25) is 0 Å². The van der Waals surface area contributed by atoms with Gasteiger partial charge in [-0.05, 0) is 43.2 Å². The van der Waals surface area contributed by atoms with Crippen molar-refractivity contribution in [2.45, 2.75) is 13.8 Å². The molecule has 0 spiro atoms. The lowest BCUT2D eigenvalue weighted by Crippen LogP contribution is -2.41. The summed E-state index contributed by atoms with van der Waals surface area (Å²) in [4.78, 5) is 16.4. The highest BCUT2D eigenvalue weighted by molar-refractivity contribution is 6.09. The monoisotopic (exact) mass is 266 g/mol. The average Bonchev–Trinajstić information content (AvgIpc) is 2.43. The number of anilines is 3. The maximum absolute atomic E-state index is 12.5. The number of hydrogen-bond acceptors (Lipinski definition) is 2. The highest BCUT2D eigenvalue weighted by atomic mass is 16.2. The lowest BCUT2D eigenvalue weighted by molar-refractivity contribution is -0.116. The zero-order chi connectivity index (χ0) is 14.3. The molecule has 2 aromatic carbocycles. The number of likely N-dealkylation sites (N-methyl/N-ethyl adjacent to an activating group) is 1. The Hall–Kier alpha value is -2.29. The molecule has 1 heterocycles. The highest BCUT2D eigenvalue weighted by Crippen LogP contribution is 2.38. The van der Waals surface area contributed by atoms with Crippen molar-refractivity contribution in [1.82, 2.24) is 0 Å². The van der Waals surface area contributed by atoms with Gasteiger partial charge in [0, 0.05) is 7.05 Å². The summed E-state index contributed by atoms with van der Waals surface area (Å²) in [5.41, 5.74) is 5.31. The Balaban J connectivity index is 2.20. The fourth-order valence-electron chi connectivity index (χ4n) is 2.69. The number of carbonyl (C=O) groups is 1. The van der Waals surface area contributed by atoms with Crippen molar-refractivity contribution < 1.29 is 4.79 Å². The molecule has 2 aromatic rings. The largest absolute Gasteiger partial charge is 0.364 e. The van der Waals surface area contributed by atoms with E-state index in [2.05, 4.69) is 31.2 Å². The maximum Gasteiger partial charge on any atom is 0.251 e. The SMILES string of the molecule is Cc1ccc(C)c(N2C(=O)CN(C)c3ccccc32)c1. The van der Waals surface area contributed by atoms with E-state index in [-0.39, 0.29) is 5.91 Å². The molecule has 1 aliphatic rings. The van der Waals surface area contributed by atoms with Crippen molar-refractivity contribution in [1.29, 1.82) is 0 Å². The van der Waals surface area contributed by atoms with Crippen molar-refractivity contribution >= 4 is 23.0 Å². The Morgan fingerprint density at radius 3 is 2.40 bits per heavy atom. The number of nitrogens with zero attached hydrogens (tertiary/aromatic N) is 2. The normalized spacial score (nSPS) is 14.4. The smallest absolute Gasteiger partial charge is 0.251 e. The van der Waals surface area contributed by atoms with Crippen LogP contribution in [0.3, 0.4) is 0 Å². The molecule has 0 atom stereocenters. The fraction of sp³-hybridized carbons (Fsp3) is 0.235. The van der Waals surface area contributed by atoms with Crippen LogP contribution in [-0.2, 0) is 4.79 Å². The van der Waals surface area contributed by atoms with Crippen LogP contribution in [0.15, 0.2) is 42.5 Å². The van der Waals surface area contributed by atoms with Gasteiger partial charge in [-0.15, -0.1) is 0 Å². The van der Waals surface area contributed by atoms with Gasteiger partial charge in [0.05, 0.1) is 23.6 Å². The fourth-order valence-corrected chi connectivity index (χ4v) is 2.69. The summed E-state index contributed by atoms with van der Waals surface area (Å²) in [7, 11) is 1.96. The van der Waals surface area contributed by atoms with E-state index in [0.29, 0.717) is 6.54 Å². The lowest BCUT2D eigenvalue weighted by atomic mass is 10.1. The van der Waals surface area contributed by atoms with Gasteiger partial charge < -0.3 is 4.90 Å². The Morgan fingerprint density at radius 2 is 1.65 bits per heavy atom. The van der Waals surface area contributed by atoms with Gasteiger partial charge in [0.2, 0.25) is 0 Å².